The van der Waals surface area contributed by atoms with Gasteiger partial charge in [-0.15, -0.1) is 5.10 Å². The van der Waals surface area contributed by atoms with E-state index in [1.54, 1.807) is 18.3 Å². The van der Waals surface area contributed by atoms with Gasteiger partial charge >= 0.3 is 18.3 Å². The third-order valence-electron chi connectivity index (χ3n) is 3.84. The van der Waals surface area contributed by atoms with Crippen LogP contribution in [0.2, 0.25) is 0 Å². The minimum Gasteiger partial charge on any atom is -0.426 e. The van der Waals surface area contributed by atoms with Crippen molar-refractivity contribution in [2.24, 2.45) is 5.73 Å². The molecule has 2 amide bonds. The van der Waals surface area contributed by atoms with E-state index in [4.69, 9.17) is 11.0 Å². The third-order valence-corrected chi connectivity index (χ3v) is 3.84. The molecule has 0 radical (unpaired) electrons. The van der Waals surface area contributed by atoms with Gasteiger partial charge in [0.05, 0.1) is 5.69 Å². The maximum atomic E-state index is 13.0. The predicted octanol–water partition coefficient (Wildman–Crippen LogP) is 3.85. The van der Waals surface area contributed by atoms with E-state index < -0.39 is 24.1 Å². The standard InChI is InChI=1S/C18H12F5N7O2/c19-17(20,21)18(22,23)32-13-7-5-12(6-8-13)30-16(26-9-24)28-14(29-30)10-1-3-11(4-2-10)27-15(25)31/h1-8H,(H3,25,27,31)(H,26,28,29). The molecule has 14 heteroatoms. The number of urea groups is 1. The van der Waals surface area contributed by atoms with Crippen molar-refractivity contribution in [2.75, 3.05) is 10.6 Å². The molecule has 0 unspecified atom stereocenters. The second kappa shape index (κ2) is 8.38. The van der Waals surface area contributed by atoms with Crippen LogP contribution in [0, 0.1) is 11.5 Å². The number of rotatable bonds is 6. The number of nitrogens with one attached hydrogen (secondary N) is 2. The number of carbonyl (C=O) groups excluding carboxylic acids is 1. The molecule has 0 saturated heterocycles. The van der Waals surface area contributed by atoms with Crippen LogP contribution in [0.1, 0.15) is 0 Å². The fraction of sp³-hybridized carbons (Fsp3) is 0.111. The summed E-state index contributed by atoms with van der Waals surface area (Å²) in [5, 5.41) is 17.8. The molecule has 9 nitrogen and oxygen atoms in total. The normalized spacial score (nSPS) is 11.5. The maximum Gasteiger partial charge on any atom is 0.499 e. The van der Waals surface area contributed by atoms with Crippen molar-refractivity contribution in [1.29, 1.82) is 5.26 Å². The molecule has 166 valence electrons. The molecule has 4 N–H and O–H groups in total. The Kier molecular flexibility index (Phi) is 5.83. The average molecular weight is 453 g/mol. The molecule has 0 bridgehead atoms. The van der Waals surface area contributed by atoms with Gasteiger partial charge in [0, 0.05) is 11.3 Å². The van der Waals surface area contributed by atoms with Crippen LogP contribution < -0.4 is 21.1 Å². The van der Waals surface area contributed by atoms with Gasteiger partial charge < -0.3 is 15.8 Å². The summed E-state index contributed by atoms with van der Waals surface area (Å²) < 4.78 is 67.8. The van der Waals surface area contributed by atoms with Gasteiger partial charge in [0.2, 0.25) is 5.95 Å². The third kappa shape index (κ3) is 4.83. The van der Waals surface area contributed by atoms with E-state index >= 15 is 0 Å². The van der Waals surface area contributed by atoms with Crippen molar-refractivity contribution in [1.82, 2.24) is 14.8 Å². The van der Waals surface area contributed by atoms with Gasteiger partial charge in [-0.2, -0.15) is 36.9 Å². The molecule has 1 aromatic heterocycles. The Hall–Kier alpha value is -4.41. The number of hydrogen-bond donors (Lipinski definition) is 3. The molecule has 2 aromatic carbocycles. The van der Waals surface area contributed by atoms with Gasteiger partial charge in [0.15, 0.2) is 12.0 Å². The minimum atomic E-state index is -5.88. The first-order chi connectivity index (χ1) is 15.0. The summed E-state index contributed by atoms with van der Waals surface area (Å²) in [6.45, 7) is 0. The topological polar surface area (TPSA) is 131 Å². The Morgan fingerprint density at radius 3 is 2.22 bits per heavy atom. The van der Waals surface area contributed by atoms with E-state index in [0.29, 0.717) is 11.3 Å². The Labute approximate surface area is 176 Å². The number of primary amides is 1. The molecular formula is C18H12F5N7O2. The highest BCUT2D eigenvalue weighted by molar-refractivity contribution is 5.88. The smallest absolute Gasteiger partial charge is 0.426 e. The summed E-state index contributed by atoms with van der Waals surface area (Å²) in [6.07, 6.45) is -9.57. The SMILES string of the molecule is N#CNc1nc(-c2ccc(NC(N)=O)cc2)nn1-c1ccc(OC(F)(F)C(F)(F)F)cc1. The Bertz CT molecular complexity index is 1150. The lowest BCUT2D eigenvalue weighted by atomic mass is 10.2. The van der Waals surface area contributed by atoms with Gasteiger partial charge in [-0.05, 0) is 48.5 Å². The summed E-state index contributed by atoms with van der Waals surface area (Å²) >= 11 is 0. The molecule has 0 aliphatic rings. The largest absolute Gasteiger partial charge is 0.499 e. The van der Waals surface area contributed by atoms with Gasteiger partial charge in [0.1, 0.15) is 5.75 Å². The van der Waals surface area contributed by atoms with E-state index in [0.717, 1.165) is 28.9 Å². The minimum absolute atomic E-state index is 0.0453. The zero-order valence-electron chi connectivity index (χ0n) is 15.7. The number of anilines is 2. The first-order valence-electron chi connectivity index (χ1n) is 8.53. The van der Waals surface area contributed by atoms with Crippen LogP contribution in [0.15, 0.2) is 48.5 Å². The number of benzene rings is 2. The van der Waals surface area contributed by atoms with Crippen LogP contribution in [0.5, 0.6) is 5.75 Å². The van der Waals surface area contributed by atoms with E-state index in [1.807, 2.05) is 0 Å². The lowest BCUT2D eigenvalue weighted by molar-refractivity contribution is -0.360. The number of nitrogens with two attached hydrogens (primary N) is 1. The first kappa shape index (κ1) is 22.3. The fourth-order valence-corrected chi connectivity index (χ4v) is 2.45. The van der Waals surface area contributed by atoms with Crippen LogP contribution in [-0.4, -0.2) is 33.1 Å². The highest BCUT2D eigenvalue weighted by Crippen LogP contribution is 2.37. The van der Waals surface area contributed by atoms with Crippen molar-refractivity contribution in [3.05, 3.63) is 48.5 Å². The Balaban J connectivity index is 1.89. The number of alkyl halides is 5. The van der Waals surface area contributed by atoms with E-state index in [1.165, 1.54) is 12.1 Å². The molecule has 3 aromatic rings. The quantitative estimate of drug-likeness (QED) is 0.295. The van der Waals surface area contributed by atoms with Crippen molar-refractivity contribution < 1.29 is 31.5 Å². The van der Waals surface area contributed by atoms with E-state index in [2.05, 4.69) is 25.5 Å². The van der Waals surface area contributed by atoms with Gasteiger partial charge in [-0.25, -0.2) is 4.79 Å². The van der Waals surface area contributed by atoms with Gasteiger partial charge in [-0.1, -0.05) is 0 Å². The van der Waals surface area contributed by atoms with Crippen LogP contribution in [0.3, 0.4) is 0 Å². The predicted molar refractivity (Wildman–Crippen MR) is 101 cm³/mol. The first-order valence-corrected chi connectivity index (χ1v) is 8.53. The lowest BCUT2D eigenvalue weighted by Crippen LogP contribution is -2.41. The molecule has 1 heterocycles. The van der Waals surface area contributed by atoms with Crippen LogP contribution >= 0.6 is 0 Å². The van der Waals surface area contributed by atoms with Crippen LogP contribution in [0.25, 0.3) is 17.1 Å². The fourth-order valence-electron chi connectivity index (χ4n) is 2.45. The van der Waals surface area contributed by atoms with Gasteiger partial charge in [-0.3, -0.25) is 5.32 Å². The van der Waals surface area contributed by atoms with Crippen LogP contribution in [0.4, 0.5) is 38.4 Å². The molecule has 32 heavy (non-hydrogen) atoms. The maximum absolute atomic E-state index is 13.0. The summed E-state index contributed by atoms with van der Waals surface area (Å²) in [5.41, 5.74) is 6.14. The molecule has 0 spiro atoms. The summed E-state index contributed by atoms with van der Waals surface area (Å²) in [5.74, 6) is -0.628. The Morgan fingerprint density at radius 1 is 1.06 bits per heavy atom. The molecule has 0 aliphatic carbocycles. The number of nitriles is 1. The van der Waals surface area contributed by atoms with Crippen molar-refractivity contribution in [3.63, 3.8) is 0 Å². The van der Waals surface area contributed by atoms with Crippen molar-refractivity contribution in [2.45, 2.75) is 12.3 Å². The number of nitrogens with zero attached hydrogens (tertiary/aromatic N) is 4. The number of amides is 2. The molecule has 0 atom stereocenters. The zero-order valence-corrected chi connectivity index (χ0v) is 15.7. The zero-order chi connectivity index (χ0) is 23.5. The molecule has 0 aliphatic heterocycles. The number of carbonyl (C=O) groups is 1. The highest BCUT2D eigenvalue weighted by atomic mass is 19.4. The summed E-state index contributed by atoms with van der Waals surface area (Å²) in [6, 6.07) is 9.53. The van der Waals surface area contributed by atoms with Crippen LogP contribution in [-0.2, 0) is 0 Å². The second-order valence-corrected chi connectivity index (χ2v) is 6.08. The monoisotopic (exact) mass is 453 g/mol. The lowest BCUT2D eigenvalue weighted by Gasteiger charge is -2.20. The molecule has 3 rings (SSSR count). The number of aromatic nitrogens is 3. The number of halogens is 5. The summed E-state index contributed by atoms with van der Waals surface area (Å²) in [7, 11) is 0. The average Bonchev–Trinajstić information content (AvgIpc) is 3.12. The number of ether oxygens (including phenoxy) is 1. The Morgan fingerprint density at radius 2 is 1.69 bits per heavy atom. The molecular weight excluding hydrogens is 441 g/mol. The molecule has 0 saturated carbocycles. The summed E-state index contributed by atoms with van der Waals surface area (Å²) in [4.78, 5) is 15.0. The molecule has 0 fully saturated rings. The van der Waals surface area contributed by atoms with E-state index in [9.17, 15) is 26.7 Å². The van der Waals surface area contributed by atoms with E-state index in [-0.39, 0.29) is 17.5 Å². The van der Waals surface area contributed by atoms with Gasteiger partial charge in [0.25, 0.3) is 0 Å². The second-order valence-electron chi connectivity index (χ2n) is 6.08. The van der Waals surface area contributed by atoms with Crippen molar-refractivity contribution >= 4 is 17.7 Å². The van der Waals surface area contributed by atoms with Crippen molar-refractivity contribution in [3.8, 4) is 29.0 Å². The number of hydrogen-bond acceptors (Lipinski definition) is 6. The highest BCUT2D eigenvalue weighted by Gasteiger charge is 2.61.